The fraction of sp³-hybridized carbons (Fsp3) is 0.250. The Hall–Kier alpha value is -2.51. The largest absolute Gasteiger partial charge is 0.483 e. The number of thioether (sulfide) groups is 1. The van der Waals surface area contributed by atoms with Crippen LogP contribution in [0.15, 0.2) is 59.8 Å². The second-order valence-corrected chi connectivity index (χ2v) is 7.38. The van der Waals surface area contributed by atoms with E-state index in [4.69, 9.17) is 16.3 Å². The van der Waals surface area contributed by atoms with Crippen LogP contribution in [0.3, 0.4) is 0 Å². The normalized spacial score (nSPS) is 11.8. The summed E-state index contributed by atoms with van der Waals surface area (Å²) in [6, 6.07) is 16.6. The molecule has 8 heteroatoms. The maximum atomic E-state index is 12.2. The van der Waals surface area contributed by atoms with Gasteiger partial charge >= 0.3 is 0 Å². The van der Waals surface area contributed by atoms with Crippen LogP contribution in [0, 0.1) is 0 Å². The summed E-state index contributed by atoms with van der Waals surface area (Å²) in [5, 5.41) is 12.6. The molecule has 0 aliphatic carbocycles. The van der Waals surface area contributed by atoms with Gasteiger partial charge in [0.25, 0.3) is 0 Å². The number of anilines is 1. The van der Waals surface area contributed by atoms with E-state index in [1.165, 1.54) is 11.8 Å². The van der Waals surface area contributed by atoms with Gasteiger partial charge < -0.3 is 14.6 Å². The molecule has 1 aromatic heterocycles. The van der Waals surface area contributed by atoms with Crippen molar-refractivity contribution in [2.24, 2.45) is 0 Å². The number of carbonyl (C=O) groups is 1. The molecule has 3 rings (SSSR count). The van der Waals surface area contributed by atoms with Crippen molar-refractivity contribution in [2.75, 3.05) is 11.1 Å². The van der Waals surface area contributed by atoms with Gasteiger partial charge in [-0.05, 0) is 44.2 Å². The van der Waals surface area contributed by atoms with Gasteiger partial charge in [0.2, 0.25) is 5.91 Å². The highest BCUT2D eigenvalue weighted by molar-refractivity contribution is 7.99. The molecule has 0 aliphatic rings. The Kier molecular flexibility index (Phi) is 6.95. The van der Waals surface area contributed by atoms with Crippen LogP contribution in [-0.4, -0.2) is 26.4 Å². The number of nitrogens with one attached hydrogen (secondary N) is 1. The monoisotopic (exact) mass is 416 g/mol. The number of aromatic nitrogens is 3. The summed E-state index contributed by atoms with van der Waals surface area (Å²) in [6.45, 7) is 4.63. The number of benzene rings is 2. The van der Waals surface area contributed by atoms with Crippen LogP contribution in [-0.2, 0) is 11.3 Å². The quantitative estimate of drug-likeness (QED) is 0.533. The predicted molar refractivity (Wildman–Crippen MR) is 112 cm³/mol. The molecule has 1 amide bonds. The van der Waals surface area contributed by atoms with E-state index in [-0.39, 0.29) is 17.8 Å². The lowest BCUT2D eigenvalue weighted by molar-refractivity contribution is -0.113. The van der Waals surface area contributed by atoms with Gasteiger partial charge in [-0.2, -0.15) is 0 Å². The fourth-order valence-electron chi connectivity index (χ4n) is 2.65. The highest BCUT2D eigenvalue weighted by Crippen LogP contribution is 2.24. The number of nitrogens with zero attached hydrogens (tertiary/aromatic N) is 3. The van der Waals surface area contributed by atoms with Gasteiger partial charge in [0.05, 0.1) is 5.75 Å². The Morgan fingerprint density at radius 2 is 2.00 bits per heavy atom. The van der Waals surface area contributed by atoms with Gasteiger partial charge in [-0.3, -0.25) is 4.79 Å². The van der Waals surface area contributed by atoms with Crippen molar-refractivity contribution in [1.82, 2.24) is 14.8 Å². The number of para-hydroxylation sites is 1. The number of rotatable bonds is 8. The van der Waals surface area contributed by atoms with E-state index in [0.29, 0.717) is 22.4 Å². The SMILES string of the molecule is CCn1c(SCC(=O)Nc2cccc(Cl)c2)nnc1C(C)Oc1ccccc1. The molecule has 0 aliphatic heterocycles. The summed E-state index contributed by atoms with van der Waals surface area (Å²) < 4.78 is 7.91. The maximum Gasteiger partial charge on any atom is 0.234 e. The summed E-state index contributed by atoms with van der Waals surface area (Å²) >= 11 is 7.28. The third-order valence-electron chi connectivity index (χ3n) is 3.92. The smallest absolute Gasteiger partial charge is 0.234 e. The molecule has 1 heterocycles. The molecule has 0 saturated heterocycles. The van der Waals surface area contributed by atoms with Gasteiger partial charge in [-0.15, -0.1) is 10.2 Å². The molecule has 0 spiro atoms. The van der Waals surface area contributed by atoms with Crippen LogP contribution in [0.5, 0.6) is 5.75 Å². The van der Waals surface area contributed by atoms with Gasteiger partial charge in [0.1, 0.15) is 5.75 Å². The van der Waals surface area contributed by atoms with Crippen molar-refractivity contribution in [1.29, 1.82) is 0 Å². The summed E-state index contributed by atoms with van der Waals surface area (Å²) in [5.41, 5.74) is 0.667. The summed E-state index contributed by atoms with van der Waals surface area (Å²) in [4.78, 5) is 12.2. The van der Waals surface area contributed by atoms with Crippen LogP contribution >= 0.6 is 23.4 Å². The van der Waals surface area contributed by atoms with E-state index in [0.717, 1.165) is 11.6 Å². The lowest BCUT2D eigenvalue weighted by Crippen LogP contribution is -2.15. The molecular formula is C20H21ClN4O2S. The molecule has 6 nitrogen and oxygen atoms in total. The molecule has 0 saturated carbocycles. The molecule has 146 valence electrons. The third kappa shape index (κ3) is 5.27. The molecule has 1 unspecified atom stereocenters. The number of halogens is 1. The topological polar surface area (TPSA) is 69.0 Å². The first-order valence-electron chi connectivity index (χ1n) is 8.90. The average molecular weight is 417 g/mol. The fourth-order valence-corrected chi connectivity index (χ4v) is 3.65. The van der Waals surface area contributed by atoms with Crippen LogP contribution in [0.2, 0.25) is 5.02 Å². The molecule has 1 atom stereocenters. The maximum absolute atomic E-state index is 12.2. The Morgan fingerprint density at radius 1 is 1.21 bits per heavy atom. The van der Waals surface area contributed by atoms with Crippen molar-refractivity contribution in [3.8, 4) is 5.75 Å². The Bertz CT molecular complexity index is 933. The minimum atomic E-state index is -0.260. The van der Waals surface area contributed by atoms with Crippen molar-refractivity contribution in [3.63, 3.8) is 0 Å². The number of hydrogen-bond donors (Lipinski definition) is 1. The standard InChI is InChI=1S/C20H21ClN4O2S/c1-3-25-19(14(2)27-17-10-5-4-6-11-17)23-24-20(25)28-13-18(26)22-16-9-7-8-15(21)12-16/h4-12,14H,3,13H2,1-2H3,(H,22,26). The zero-order chi connectivity index (χ0) is 19.9. The number of amides is 1. The second kappa shape index (κ2) is 9.61. The summed E-state index contributed by atoms with van der Waals surface area (Å²) in [5.74, 6) is 1.59. The molecule has 0 fully saturated rings. The average Bonchev–Trinajstić information content (AvgIpc) is 3.10. The zero-order valence-electron chi connectivity index (χ0n) is 15.6. The number of carbonyl (C=O) groups excluding carboxylic acids is 1. The van der Waals surface area contributed by atoms with Gasteiger partial charge in [0, 0.05) is 17.3 Å². The summed E-state index contributed by atoms with van der Waals surface area (Å²) in [6.07, 6.45) is -0.260. The minimum absolute atomic E-state index is 0.131. The van der Waals surface area contributed by atoms with Crippen LogP contribution in [0.25, 0.3) is 0 Å². The Morgan fingerprint density at radius 3 is 2.71 bits per heavy atom. The van der Waals surface area contributed by atoms with Crippen molar-refractivity contribution in [3.05, 3.63) is 65.4 Å². The lowest BCUT2D eigenvalue weighted by atomic mass is 10.3. The first kappa shape index (κ1) is 20.2. The number of ether oxygens (including phenoxy) is 1. The molecule has 0 radical (unpaired) electrons. The molecule has 3 aromatic rings. The Balaban J connectivity index is 1.62. The number of hydrogen-bond acceptors (Lipinski definition) is 5. The van der Waals surface area contributed by atoms with Crippen molar-refractivity contribution in [2.45, 2.75) is 31.7 Å². The lowest BCUT2D eigenvalue weighted by Gasteiger charge is -2.15. The third-order valence-corrected chi connectivity index (χ3v) is 5.12. The van der Waals surface area contributed by atoms with E-state index in [9.17, 15) is 4.79 Å². The first-order chi connectivity index (χ1) is 13.6. The van der Waals surface area contributed by atoms with E-state index >= 15 is 0 Å². The van der Waals surface area contributed by atoms with Crippen LogP contribution < -0.4 is 10.1 Å². The molecule has 2 aromatic carbocycles. The van der Waals surface area contributed by atoms with Crippen LogP contribution in [0.1, 0.15) is 25.8 Å². The first-order valence-corrected chi connectivity index (χ1v) is 10.3. The van der Waals surface area contributed by atoms with Crippen molar-refractivity contribution < 1.29 is 9.53 Å². The van der Waals surface area contributed by atoms with Gasteiger partial charge in [-0.1, -0.05) is 47.6 Å². The van der Waals surface area contributed by atoms with E-state index in [1.807, 2.05) is 48.7 Å². The van der Waals surface area contributed by atoms with Crippen LogP contribution in [0.4, 0.5) is 5.69 Å². The second-order valence-electron chi connectivity index (χ2n) is 6.01. The minimum Gasteiger partial charge on any atom is -0.483 e. The van der Waals surface area contributed by atoms with E-state index in [2.05, 4.69) is 15.5 Å². The summed E-state index contributed by atoms with van der Waals surface area (Å²) in [7, 11) is 0. The van der Waals surface area contributed by atoms with E-state index in [1.54, 1.807) is 24.3 Å². The molecular weight excluding hydrogens is 396 g/mol. The predicted octanol–water partition coefficient (Wildman–Crippen LogP) is 4.82. The Labute approximate surface area is 173 Å². The highest BCUT2D eigenvalue weighted by Gasteiger charge is 2.19. The molecule has 1 N–H and O–H groups in total. The van der Waals surface area contributed by atoms with Crippen molar-refractivity contribution >= 4 is 35.0 Å². The molecule has 0 bridgehead atoms. The van der Waals surface area contributed by atoms with Gasteiger partial charge in [0.15, 0.2) is 17.1 Å². The van der Waals surface area contributed by atoms with Gasteiger partial charge in [-0.25, -0.2) is 0 Å². The molecule has 28 heavy (non-hydrogen) atoms. The highest BCUT2D eigenvalue weighted by atomic mass is 35.5. The van der Waals surface area contributed by atoms with E-state index < -0.39 is 0 Å². The zero-order valence-corrected chi connectivity index (χ0v) is 17.2.